The summed E-state index contributed by atoms with van der Waals surface area (Å²) < 4.78 is 0. The predicted octanol–water partition coefficient (Wildman–Crippen LogP) is 3.28. The van der Waals surface area contributed by atoms with Crippen LogP contribution in [0.15, 0.2) is 0 Å². The number of likely N-dealkylation sites (tertiary alicyclic amines) is 1. The number of rotatable bonds is 3. The van der Waals surface area contributed by atoms with E-state index in [1.807, 2.05) is 0 Å². The van der Waals surface area contributed by atoms with Gasteiger partial charge in [0.05, 0.1) is 0 Å². The lowest BCUT2D eigenvalue weighted by molar-refractivity contribution is 0.0834. The summed E-state index contributed by atoms with van der Waals surface area (Å²) >= 11 is 3.70. The van der Waals surface area contributed by atoms with Gasteiger partial charge in [0.25, 0.3) is 0 Å². The smallest absolute Gasteiger partial charge is 0.0100 e. The van der Waals surface area contributed by atoms with E-state index >= 15 is 0 Å². The van der Waals surface area contributed by atoms with E-state index in [0.717, 1.165) is 12.0 Å². The van der Waals surface area contributed by atoms with Gasteiger partial charge >= 0.3 is 0 Å². The molecule has 2 fully saturated rings. The van der Waals surface area contributed by atoms with Crippen LogP contribution in [-0.2, 0) is 0 Å². The Labute approximate surface area is 96.4 Å². The first-order chi connectivity index (χ1) is 6.67. The van der Waals surface area contributed by atoms with Crippen molar-refractivity contribution >= 4 is 15.9 Å². The summed E-state index contributed by atoms with van der Waals surface area (Å²) in [6, 6.07) is 0.812. The van der Waals surface area contributed by atoms with Crippen LogP contribution in [0, 0.1) is 11.3 Å². The molecule has 0 spiro atoms. The summed E-state index contributed by atoms with van der Waals surface area (Å²) in [4.78, 5) is 2.71. The molecule has 1 aliphatic heterocycles. The first kappa shape index (κ1) is 10.9. The Balaban J connectivity index is 1.90. The fourth-order valence-corrected chi connectivity index (χ4v) is 3.58. The molecule has 14 heavy (non-hydrogen) atoms. The molecule has 1 saturated heterocycles. The molecule has 1 heterocycles. The minimum atomic E-state index is 0.637. The predicted molar refractivity (Wildman–Crippen MR) is 64.9 cm³/mol. The number of hydrogen-bond donors (Lipinski definition) is 0. The van der Waals surface area contributed by atoms with Gasteiger partial charge in [-0.3, -0.25) is 4.90 Å². The van der Waals surface area contributed by atoms with Crippen LogP contribution < -0.4 is 0 Å². The zero-order chi connectivity index (χ0) is 10.2. The van der Waals surface area contributed by atoms with Crippen LogP contribution in [0.3, 0.4) is 0 Å². The third-order valence-electron chi connectivity index (χ3n) is 4.51. The van der Waals surface area contributed by atoms with Crippen molar-refractivity contribution in [3.05, 3.63) is 0 Å². The zero-order valence-corrected chi connectivity index (χ0v) is 11.0. The fraction of sp³-hybridized carbons (Fsp3) is 1.00. The van der Waals surface area contributed by atoms with Gasteiger partial charge in [0, 0.05) is 17.9 Å². The summed E-state index contributed by atoms with van der Waals surface area (Å²) in [5.41, 5.74) is 0.637. The highest BCUT2D eigenvalue weighted by atomic mass is 79.9. The molecule has 0 aromatic carbocycles. The molecule has 82 valence electrons. The summed E-state index contributed by atoms with van der Waals surface area (Å²) in [6.45, 7) is 7.46. The molecule has 0 amide bonds. The first-order valence-corrected chi connectivity index (χ1v) is 7.09. The van der Waals surface area contributed by atoms with Gasteiger partial charge in [0.2, 0.25) is 0 Å². The van der Waals surface area contributed by atoms with Gasteiger partial charge in [-0.25, -0.2) is 0 Å². The highest BCUT2D eigenvalue weighted by molar-refractivity contribution is 9.09. The monoisotopic (exact) mass is 259 g/mol. The standard InChI is InChI=1S/C12H22BrN/c1-10-4-7-14(11(10)2)9-12(8-13)5-3-6-12/h10-11H,3-9H2,1-2H3. The Morgan fingerprint density at radius 1 is 1.36 bits per heavy atom. The van der Waals surface area contributed by atoms with Gasteiger partial charge in [-0.2, -0.15) is 0 Å². The molecule has 0 radical (unpaired) electrons. The molecule has 2 aliphatic rings. The molecule has 2 heteroatoms. The molecule has 0 aromatic rings. The van der Waals surface area contributed by atoms with Crippen LogP contribution in [0.4, 0.5) is 0 Å². The van der Waals surface area contributed by atoms with Crippen molar-refractivity contribution in [2.45, 2.75) is 45.6 Å². The lowest BCUT2D eigenvalue weighted by atomic mass is 9.70. The Kier molecular flexibility index (Phi) is 3.23. The van der Waals surface area contributed by atoms with E-state index in [-0.39, 0.29) is 0 Å². The molecule has 1 saturated carbocycles. The Morgan fingerprint density at radius 3 is 2.43 bits per heavy atom. The van der Waals surface area contributed by atoms with Gasteiger partial charge in [-0.15, -0.1) is 0 Å². The van der Waals surface area contributed by atoms with Gasteiger partial charge < -0.3 is 0 Å². The van der Waals surface area contributed by atoms with Crippen molar-refractivity contribution in [1.82, 2.24) is 4.90 Å². The highest BCUT2D eigenvalue weighted by Gasteiger charge is 2.40. The molecule has 0 bridgehead atoms. The zero-order valence-electron chi connectivity index (χ0n) is 9.43. The van der Waals surface area contributed by atoms with Crippen molar-refractivity contribution in [3.8, 4) is 0 Å². The lowest BCUT2D eigenvalue weighted by Gasteiger charge is -2.44. The van der Waals surface area contributed by atoms with Crippen molar-refractivity contribution < 1.29 is 0 Å². The third kappa shape index (κ3) is 1.88. The lowest BCUT2D eigenvalue weighted by Crippen LogP contribution is -2.45. The molecule has 1 nitrogen and oxygen atoms in total. The molecular weight excluding hydrogens is 238 g/mol. The highest BCUT2D eigenvalue weighted by Crippen LogP contribution is 2.44. The molecule has 2 atom stereocenters. The minimum absolute atomic E-state index is 0.637. The second-order valence-corrected chi connectivity index (χ2v) is 6.02. The Morgan fingerprint density at radius 2 is 2.07 bits per heavy atom. The fourth-order valence-electron chi connectivity index (χ4n) is 2.84. The molecule has 2 unspecified atom stereocenters. The summed E-state index contributed by atoms with van der Waals surface area (Å²) in [7, 11) is 0. The number of halogens is 1. The maximum atomic E-state index is 3.70. The number of alkyl halides is 1. The van der Waals surface area contributed by atoms with Crippen molar-refractivity contribution in [2.75, 3.05) is 18.4 Å². The van der Waals surface area contributed by atoms with E-state index < -0.39 is 0 Å². The quantitative estimate of drug-likeness (QED) is 0.704. The van der Waals surface area contributed by atoms with E-state index in [1.54, 1.807) is 0 Å². The van der Waals surface area contributed by atoms with Crippen LogP contribution in [0.25, 0.3) is 0 Å². The van der Waals surface area contributed by atoms with Gasteiger partial charge in [0.15, 0.2) is 0 Å². The van der Waals surface area contributed by atoms with E-state index in [9.17, 15) is 0 Å². The topological polar surface area (TPSA) is 3.24 Å². The molecule has 0 aromatic heterocycles. The largest absolute Gasteiger partial charge is 0.300 e. The molecule has 0 N–H and O–H groups in total. The van der Waals surface area contributed by atoms with Crippen LogP contribution in [0.5, 0.6) is 0 Å². The maximum Gasteiger partial charge on any atom is 0.0100 e. The second-order valence-electron chi connectivity index (χ2n) is 5.46. The van der Waals surface area contributed by atoms with Gasteiger partial charge in [-0.05, 0) is 44.1 Å². The normalized spacial score (nSPS) is 37.1. The van der Waals surface area contributed by atoms with Crippen LogP contribution in [0.1, 0.15) is 39.5 Å². The third-order valence-corrected chi connectivity index (χ3v) is 5.70. The van der Waals surface area contributed by atoms with E-state index in [4.69, 9.17) is 0 Å². The van der Waals surface area contributed by atoms with E-state index in [2.05, 4.69) is 34.7 Å². The Hall–Kier alpha value is 0.440. The second kappa shape index (κ2) is 4.13. The Bertz CT molecular complexity index is 195. The van der Waals surface area contributed by atoms with Crippen LogP contribution in [-0.4, -0.2) is 29.4 Å². The maximum absolute atomic E-state index is 3.70. The average Bonchev–Trinajstić information content (AvgIpc) is 2.42. The van der Waals surface area contributed by atoms with Crippen molar-refractivity contribution in [1.29, 1.82) is 0 Å². The van der Waals surface area contributed by atoms with Crippen molar-refractivity contribution in [2.24, 2.45) is 11.3 Å². The SMILES string of the molecule is CC1CCN(CC2(CBr)CCC2)C1C. The van der Waals surface area contributed by atoms with Crippen LogP contribution >= 0.6 is 15.9 Å². The van der Waals surface area contributed by atoms with Crippen molar-refractivity contribution in [3.63, 3.8) is 0 Å². The minimum Gasteiger partial charge on any atom is -0.300 e. The van der Waals surface area contributed by atoms with Crippen LogP contribution in [0.2, 0.25) is 0 Å². The average molecular weight is 260 g/mol. The van der Waals surface area contributed by atoms with Gasteiger partial charge in [-0.1, -0.05) is 29.3 Å². The van der Waals surface area contributed by atoms with Gasteiger partial charge in [0.1, 0.15) is 0 Å². The van der Waals surface area contributed by atoms with E-state index in [0.29, 0.717) is 5.41 Å². The molecule has 1 aliphatic carbocycles. The number of hydrogen-bond acceptors (Lipinski definition) is 1. The number of nitrogens with zero attached hydrogens (tertiary/aromatic N) is 1. The van der Waals surface area contributed by atoms with E-state index in [1.165, 1.54) is 44.1 Å². The summed E-state index contributed by atoms with van der Waals surface area (Å²) in [5.74, 6) is 0.905. The molecule has 2 rings (SSSR count). The summed E-state index contributed by atoms with van der Waals surface area (Å²) in [6.07, 6.45) is 5.73. The summed E-state index contributed by atoms with van der Waals surface area (Å²) in [5, 5.41) is 1.21. The first-order valence-electron chi connectivity index (χ1n) is 5.97. The molecular formula is C12H22BrN.